The number of benzene rings is 1. The summed E-state index contributed by atoms with van der Waals surface area (Å²) in [6.45, 7) is 8.95. The fourth-order valence-corrected chi connectivity index (χ4v) is 6.89. The van der Waals surface area contributed by atoms with Gasteiger partial charge in [-0.05, 0) is 37.5 Å². The molecule has 0 saturated carbocycles. The number of fused-ring (bicyclic) bond motifs is 2. The van der Waals surface area contributed by atoms with Gasteiger partial charge in [0.1, 0.15) is 0 Å². The van der Waals surface area contributed by atoms with Crippen LogP contribution in [-0.4, -0.2) is 11.5 Å². The Kier molecular flexibility index (Phi) is 4.37. The number of hydrogen-bond donors (Lipinski definition) is 0. The van der Waals surface area contributed by atoms with Gasteiger partial charge in [0.2, 0.25) is 0 Å². The summed E-state index contributed by atoms with van der Waals surface area (Å²) in [6, 6.07) is 4.76. The maximum atomic E-state index is 2.38. The molecular formula is C16H18S4. The Morgan fingerprint density at radius 3 is 1.55 bits per heavy atom. The highest BCUT2D eigenvalue weighted by Crippen LogP contribution is 2.48. The number of thioether (sulfide) groups is 2. The van der Waals surface area contributed by atoms with E-state index in [2.05, 4.69) is 39.8 Å². The van der Waals surface area contributed by atoms with Gasteiger partial charge in [0.15, 0.2) is 0 Å². The van der Waals surface area contributed by atoms with E-state index in [1.54, 1.807) is 0 Å². The highest BCUT2D eigenvalue weighted by atomic mass is 32.2. The molecule has 2 heterocycles. The van der Waals surface area contributed by atoms with Crippen LogP contribution in [0, 0.1) is 13.8 Å². The lowest BCUT2D eigenvalue weighted by atomic mass is 10.2. The van der Waals surface area contributed by atoms with Gasteiger partial charge in [0.25, 0.3) is 0 Å². The summed E-state index contributed by atoms with van der Waals surface area (Å²) in [5.74, 6) is 2.27. The van der Waals surface area contributed by atoms with Crippen LogP contribution in [0.4, 0.5) is 0 Å². The Morgan fingerprint density at radius 2 is 1.20 bits per heavy atom. The van der Waals surface area contributed by atoms with Crippen LogP contribution >= 0.6 is 46.2 Å². The first-order valence-corrected chi connectivity index (χ1v) is 10.5. The minimum atomic E-state index is 1.14. The first-order chi connectivity index (χ1) is 9.65. The molecule has 3 rings (SSSR count). The standard InChI is InChI=1S/C16H18S4/c1-5-17-13-11-7-9(3)20-16(11)14(18-6-2)12-8-10(4)19-15(12)13/h7-8H,5-6H2,1-4H3. The third-order valence-corrected chi connectivity index (χ3v) is 7.59. The highest BCUT2D eigenvalue weighted by molar-refractivity contribution is 8.00. The summed E-state index contributed by atoms with van der Waals surface area (Å²) in [6.07, 6.45) is 0. The van der Waals surface area contributed by atoms with E-state index >= 15 is 0 Å². The molecule has 0 fully saturated rings. The molecule has 0 aliphatic rings. The molecule has 0 spiro atoms. The molecule has 0 amide bonds. The maximum Gasteiger partial charge on any atom is 0.0499 e. The zero-order chi connectivity index (χ0) is 14.3. The lowest BCUT2D eigenvalue weighted by molar-refractivity contribution is 1.49. The van der Waals surface area contributed by atoms with Crippen molar-refractivity contribution >= 4 is 66.4 Å². The summed E-state index contributed by atoms with van der Waals surface area (Å²) < 4.78 is 2.99. The quantitative estimate of drug-likeness (QED) is 0.472. The van der Waals surface area contributed by atoms with E-state index < -0.39 is 0 Å². The van der Waals surface area contributed by atoms with Crippen molar-refractivity contribution in [2.75, 3.05) is 11.5 Å². The van der Waals surface area contributed by atoms with E-state index in [9.17, 15) is 0 Å². The zero-order valence-electron chi connectivity index (χ0n) is 12.2. The second kappa shape index (κ2) is 5.91. The average Bonchev–Trinajstić information content (AvgIpc) is 2.96. The third-order valence-electron chi connectivity index (χ3n) is 3.19. The summed E-state index contributed by atoms with van der Waals surface area (Å²) >= 11 is 7.90. The Hall–Kier alpha value is -0.160. The van der Waals surface area contributed by atoms with Crippen LogP contribution < -0.4 is 0 Å². The first kappa shape index (κ1) is 14.8. The number of thiophene rings is 2. The second-order valence-corrected chi connectivity index (χ2v) is 9.79. The molecule has 2 aromatic heterocycles. The Bertz CT molecular complexity index is 645. The monoisotopic (exact) mass is 338 g/mol. The highest BCUT2D eigenvalue weighted by Gasteiger charge is 2.18. The van der Waals surface area contributed by atoms with E-state index in [0.717, 1.165) is 11.5 Å². The van der Waals surface area contributed by atoms with Gasteiger partial charge >= 0.3 is 0 Å². The molecule has 0 atom stereocenters. The van der Waals surface area contributed by atoms with Gasteiger partial charge in [-0.25, -0.2) is 0 Å². The fraction of sp³-hybridized carbons (Fsp3) is 0.375. The molecule has 4 heteroatoms. The smallest absolute Gasteiger partial charge is 0.0499 e. The molecule has 3 aromatic rings. The van der Waals surface area contributed by atoms with E-state index in [0.29, 0.717) is 0 Å². The summed E-state index contributed by atoms with van der Waals surface area (Å²) in [5.41, 5.74) is 0. The number of rotatable bonds is 4. The molecule has 1 aromatic carbocycles. The molecule has 0 radical (unpaired) electrons. The predicted molar refractivity (Wildman–Crippen MR) is 99.5 cm³/mol. The fourth-order valence-electron chi connectivity index (χ4n) is 2.52. The van der Waals surface area contributed by atoms with Crippen molar-refractivity contribution in [3.8, 4) is 0 Å². The zero-order valence-corrected chi connectivity index (χ0v) is 15.5. The molecule has 106 valence electrons. The van der Waals surface area contributed by atoms with E-state index in [-0.39, 0.29) is 0 Å². The van der Waals surface area contributed by atoms with Gasteiger partial charge in [0.05, 0.1) is 0 Å². The number of hydrogen-bond acceptors (Lipinski definition) is 4. The Balaban J connectivity index is 2.45. The Morgan fingerprint density at radius 1 is 0.800 bits per heavy atom. The van der Waals surface area contributed by atoms with Crippen molar-refractivity contribution in [3.05, 3.63) is 21.9 Å². The maximum absolute atomic E-state index is 2.38. The topological polar surface area (TPSA) is 0 Å². The second-order valence-electron chi connectivity index (χ2n) is 4.72. The molecule has 20 heavy (non-hydrogen) atoms. The summed E-state index contributed by atoms with van der Waals surface area (Å²) in [4.78, 5) is 5.84. The molecule has 0 unspecified atom stereocenters. The molecule has 0 nitrogen and oxygen atoms in total. The van der Waals surface area contributed by atoms with Crippen molar-refractivity contribution in [2.24, 2.45) is 0 Å². The normalized spacial score (nSPS) is 11.8. The van der Waals surface area contributed by atoms with E-state index in [4.69, 9.17) is 0 Å². The average molecular weight is 339 g/mol. The number of aryl methyl sites for hydroxylation is 2. The molecule has 0 N–H and O–H groups in total. The van der Waals surface area contributed by atoms with Crippen LogP contribution in [0.5, 0.6) is 0 Å². The lowest BCUT2D eigenvalue weighted by Crippen LogP contribution is -1.81. The lowest BCUT2D eigenvalue weighted by Gasteiger charge is -2.09. The molecular weight excluding hydrogens is 320 g/mol. The van der Waals surface area contributed by atoms with Gasteiger partial charge in [-0.3, -0.25) is 0 Å². The van der Waals surface area contributed by atoms with Gasteiger partial charge in [-0.1, -0.05) is 13.8 Å². The predicted octanol–water partition coefficient (Wildman–Crippen LogP) is 6.96. The van der Waals surface area contributed by atoms with Gasteiger partial charge in [-0.15, -0.1) is 46.2 Å². The van der Waals surface area contributed by atoms with Gasteiger partial charge < -0.3 is 0 Å². The van der Waals surface area contributed by atoms with Crippen LogP contribution in [0.2, 0.25) is 0 Å². The minimum absolute atomic E-state index is 1.14. The van der Waals surface area contributed by atoms with Crippen molar-refractivity contribution in [3.63, 3.8) is 0 Å². The molecule has 0 aliphatic carbocycles. The largest absolute Gasteiger partial charge is 0.139 e. The third kappa shape index (κ3) is 2.41. The first-order valence-electron chi connectivity index (χ1n) is 6.87. The van der Waals surface area contributed by atoms with Crippen LogP contribution in [0.1, 0.15) is 23.6 Å². The van der Waals surface area contributed by atoms with Crippen molar-refractivity contribution in [1.29, 1.82) is 0 Å². The summed E-state index contributed by atoms with van der Waals surface area (Å²) in [7, 11) is 0. The van der Waals surface area contributed by atoms with E-state index in [1.165, 1.54) is 39.7 Å². The van der Waals surface area contributed by atoms with E-state index in [1.807, 2.05) is 46.2 Å². The van der Waals surface area contributed by atoms with Crippen LogP contribution in [0.3, 0.4) is 0 Å². The molecule has 0 saturated heterocycles. The van der Waals surface area contributed by atoms with Crippen molar-refractivity contribution in [1.82, 2.24) is 0 Å². The molecule has 0 bridgehead atoms. The molecule has 0 aliphatic heterocycles. The van der Waals surface area contributed by atoms with Crippen LogP contribution in [0.15, 0.2) is 21.9 Å². The van der Waals surface area contributed by atoms with Gasteiger partial charge in [-0.2, -0.15) is 0 Å². The summed E-state index contributed by atoms with van der Waals surface area (Å²) in [5, 5.41) is 2.95. The SMILES string of the molecule is CCSc1c2cc(C)sc2c(SCC)c2cc(C)sc12. The van der Waals surface area contributed by atoms with Crippen molar-refractivity contribution < 1.29 is 0 Å². The minimum Gasteiger partial charge on any atom is -0.139 e. The Labute approximate surface area is 137 Å². The van der Waals surface area contributed by atoms with Crippen molar-refractivity contribution in [2.45, 2.75) is 37.5 Å². The van der Waals surface area contributed by atoms with Crippen LogP contribution in [-0.2, 0) is 0 Å². The van der Waals surface area contributed by atoms with Crippen LogP contribution in [0.25, 0.3) is 20.2 Å². The van der Waals surface area contributed by atoms with Gasteiger partial charge in [0, 0.05) is 39.7 Å².